The first kappa shape index (κ1) is 18.9. The van der Waals surface area contributed by atoms with E-state index in [4.69, 9.17) is 4.74 Å². The van der Waals surface area contributed by atoms with Gasteiger partial charge >= 0.3 is 5.97 Å². The van der Waals surface area contributed by atoms with Crippen LogP contribution in [-0.4, -0.2) is 38.1 Å². The average Bonchev–Trinajstić information content (AvgIpc) is 2.66. The van der Waals surface area contributed by atoms with E-state index >= 15 is 0 Å². The zero-order chi connectivity index (χ0) is 18.2. The van der Waals surface area contributed by atoms with Crippen LogP contribution in [0.2, 0.25) is 0 Å². The highest BCUT2D eigenvalue weighted by Gasteiger charge is 2.28. The maximum absolute atomic E-state index is 12.4. The molecule has 1 heterocycles. The molecule has 1 aromatic carbocycles. The van der Waals surface area contributed by atoms with Crippen LogP contribution in [0.15, 0.2) is 42.5 Å². The Hall–Kier alpha value is -2.40. The highest BCUT2D eigenvalue weighted by molar-refractivity contribution is 5.94. The lowest BCUT2D eigenvalue weighted by atomic mass is 9.90. The second-order valence-corrected chi connectivity index (χ2v) is 6.24. The predicted molar refractivity (Wildman–Crippen MR) is 99.2 cm³/mol. The molecule has 1 aromatic rings. The summed E-state index contributed by atoms with van der Waals surface area (Å²) < 4.78 is 4.95. The van der Waals surface area contributed by atoms with E-state index in [9.17, 15) is 9.59 Å². The van der Waals surface area contributed by atoms with Crippen molar-refractivity contribution >= 4 is 18.0 Å². The van der Waals surface area contributed by atoms with Gasteiger partial charge in [0.05, 0.1) is 13.0 Å². The highest BCUT2D eigenvalue weighted by atomic mass is 16.5. The quantitative estimate of drug-likeness (QED) is 0.590. The Bertz CT molecular complexity index is 649. The summed E-state index contributed by atoms with van der Waals surface area (Å²) in [5.74, 6) is -0.892. The molecule has 25 heavy (non-hydrogen) atoms. The second-order valence-electron chi connectivity index (χ2n) is 6.24. The van der Waals surface area contributed by atoms with Gasteiger partial charge in [-0.15, -0.1) is 0 Å². The number of ether oxygens (including phenoxy) is 1. The number of methoxy groups -OCH3 is 1. The van der Waals surface area contributed by atoms with Crippen LogP contribution < -0.4 is 10.6 Å². The molecule has 1 unspecified atom stereocenters. The van der Waals surface area contributed by atoms with Gasteiger partial charge in [-0.25, -0.2) is 0 Å². The van der Waals surface area contributed by atoms with Crippen molar-refractivity contribution in [3.63, 3.8) is 0 Å². The third-order valence-corrected chi connectivity index (χ3v) is 4.51. The van der Waals surface area contributed by atoms with E-state index in [1.54, 1.807) is 18.2 Å². The summed E-state index contributed by atoms with van der Waals surface area (Å²) >= 11 is 0. The van der Waals surface area contributed by atoms with Gasteiger partial charge in [0.1, 0.15) is 0 Å². The number of rotatable bonds is 7. The van der Waals surface area contributed by atoms with Crippen molar-refractivity contribution < 1.29 is 14.3 Å². The fourth-order valence-electron chi connectivity index (χ4n) is 2.91. The van der Waals surface area contributed by atoms with Gasteiger partial charge in [0.2, 0.25) is 0 Å². The minimum absolute atomic E-state index is 0.198. The molecule has 0 radical (unpaired) electrons. The Morgan fingerprint density at radius 1 is 1.36 bits per heavy atom. The molecule has 0 aromatic heterocycles. The van der Waals surface area contributed by atoms with Crippen molar-refractivity contribution in [2.75, 3.05) is 20.2 Å². The second kappa shape index (κ2) is 9.18. The Morgan fingerprint density at radius 2 is 2.08 bits per heavy atom. The van der Waals surface area contributed by atoms with Gasteiger partial charge in [-0.3, -0.25) is 9.59 Å². The largest absolute Gasteiger partial charge is 0.469 e. The molecule has 0 bridgehead atoms. The molecule has 5 heteroatoms. The lowest BCUT2D eigenvalue weighted by molar-refractivity contribution is -0.146. The van der Waals surface area contributed by atoms with Gasteiger partial charge in [-0.05, 0) is 44.0 Å². The number of benzene rings is 1. The van der Waals surface area contributed by atoms with Crippen LogP contribution in [0.4, 0.5) is 0 Å². The van der Waals surface area contributed by atoms with E-state index in [1.165, 1.54) is 12.7 Å². The molecule has 0 aliphatic carbocycles. The van der Waals surface area contributed by atoms with Gasteiger partial charge in [0, 0.05) is 18.2 Å². The number of esters is 1. The number of carbonyl (C=O) groups is 2. The first-order chi connectivity index (χ1) is 12.0. The van der Waals surface area contributed by atoms with Gasteiger partial charge in [0.25, 0.3) is 5.91 Å². The summed E-state index contributed by atoms with van der Waals surface area (Å²) in [5.41, 5.74) is 2.74. The molecular weight excluding hydrogens is 316 g/mol. The molecule has 2 atom stereocenters. The van der Waals surface area contributed by atoms with Crippen LogP contribution in [0.3, 0.4) is 0 Å². The van der Waals surface area contributed by atoms with Gasteiger partial charge in [-0.1, -0.05) is 36.4 Å². The number of hydrogen-bond acceptors (Lipinski definition) is 4. The summed E-state index contributed by atoms with van der Waals surface area (Å²) in [5, 5.41) is 6.18. The minimum Gasteiger partial charge on any atom is -0.469 e. The monoisotopic (exact) mass is 342 g/mol. The topological polar surface area (TPSA) is 67.4 Å². The van der Waals surface area contributed by atoms with E-state index in [0.717, 1.165) is 25.1 Å². The van der Waals surface area contributed by atoms with E-state index in [2.05, 4.69) is 23.3 Å². The normalized spacial score (nSPS) is 16.3. The van der Waals surface area contributed by atoms with Gasteiger partial charge in [-0.2, -0.15) is 0 Å². The number of nitrogens with one attached hydrogen (secondary N) is 2. The number of carbonyl (C=O) groups excluding carboxylic acids is 2. The molecule has 5 nitrogen and oxygen atoms in total. The van der Waals surface area contributed by atoms with Crippen LogP contribution in [-0.2, 0) is 9.53 Å². The molecule has 0 saturated carbocycles. The first-order valence-electron chi connectivity index (χ1n) is 8.55. The molecule has 0 saturated heterocycles. The fourth-order valence-corrected chi connectivity index (χ4v) is 2.91. The Morgan fingerprint density at radius 3 is 2.64 bits per heavy atom. The highest BCUT2D eigenvalue weighted by Crippen LogP contribution is 2.21. The lowest BCUT2D eigenvalue weighted by Gasteiger charge is -2.25. The maximum atomic E-state index is 12.4. The van der Waals surface area contributed by atoms with Crippen molar-refractivity contribution in [1.29, 1.82) is 0 Å². The SMILES string of the molecule is C=Cc1ccc(C(=O)NC(C)[C@@H](CC2=CCNCC2)C(=O)OC)cc1. The predicted octanol–water partition coefficient (Wildman–Crippen LogP) is 2.55. The van der Waals surface area contributed by atoms with E-state index in [-0.39, 0.29) is 17.9 Å². The summed E-state index contributed by atoms with van der Waals surface area (Å²) in [6, 6.07) is 6.85. The Kier molecular flexibility index (Phi) is 6.95. The van der Waals surface area contributed by atoms with E-state index in [0.29, 0.717) is 12.0 Å². The van der Waals surface area contributed by atoms with E-state index < -0.39 is 5.92 Å². The molecule has 1 aliphatic rings. The maximum Gasteiger partial charge on any atom is 0.311 e. The number of hydrogen-bond donors (Lipinski definition) is 2. The van der Waals surface area contributed by atoms with Crippen molar-refractivity contribution in [1.82, 2.24) is 10.6 Å². The van der Waals surface area contributed by atoms with Gasteiger partial charge < -0.3 is 15.4 Å². The smallest absolute Gasteiger partial charge is 0.311 e. The first-order valence-corrected chi connectivity index (χ1v) is 8.55. The lowest BCUT2D eigenvalue weighted by Crippen LogP contribution is -2.42. The molecule has 1 amide bonds. The van der Waals surface area contributed by atoms with Crippen molar-refractivity contribution in [2.45, 2.75) is 25.8 Å². The molecule has 0 fully saturated rings. The minimum atomic E-state index is -0.397. The number of amides is 1. The van der Waals surface area contributed by atoms with Gasteiger partial charge in [0.15, 0.2) is 0 Å². The molecule has 1 aliphatic heterocycles. The molecule has 134 valence electrons. The summed E-state index contributed by atoms with van der Waals surface area (Å²) in [7, 11) is 1.38. The molecule has 0 spiro atoms. The van der Waals surface area contributed by atoms with Crippen LogP contribution in [0.25, 0.3) is 6.08 Å². The van der Waals surface area contributed by atoms with Crippen LogP contribution >= 0.6 is 0 Å². The Labute approximate surface area is 149 Å². The fraction of sp³-hybridized carbons (Fsp3) is 0.400. The molecular formula is C20H26N2O3. The van der Waals surface area contributed by atoms with Crippen molar-refractivity contribution in [2.24, 2.45) is 5.92 Å². The summed E-state index contributed by atoms with van der Waals surface area (Å²) in [4.78, 5) is 24.6. The van der Waals surface area contributed by atoms with Crippen molar-refractivity contribution in [3.05, 3.63) is 53.6 Å². The Balaban J connectivity index is 2.05. The van der Waals surface area contributed by atoms with E-state index in [1.807, 2.05) is 19.1 Å². The average molecular weight is 342 g/mol. The van der Waals surface area contributed by atoms with Crippen LogP contribution in [0.1, 0.15) is 35.7 Å². The van der Waals surface area contributed by atoms with Crippen molar-refractivity contribution in [3.8, 4) is 0 Å². The third kappa shape index (κ3) is 5.29. The zero-order valence-corrected chi connectivity index (χ0v) is 14.9. The summed E-state index contributed by atoms with van der Waals surface area (Å²) in [6.07, 6.45) is 5.36. The van der Waals surface area contributed by atoms with Crippen LogP contribution in [0.5, 0.6) is 0 Å². The standard InChI is InChI=1S/C20H26N2O3/c1-4-15-5-7-17(8-6-15)19(23)22-14(2)18(20(24)25-3)13-16-9-11-21-12-10-16/h4-9,14,18,21H,1,10-13H2,2-3H3,(H,22,23)/t14?,18-/m1/s1. The zero-order valence-electron chi connectivity index (χ0n) is 14.9. The molecule has 2 N–H and O–H groups in total. The third-order valence-electron chi connectivity index (χ3n) is 4.51. The summed E-state index contributed by atoms with van der Waals surface area (Å²) in [6.45, 7) is 7.28. The molecule has 2 rings (SSSR count). The van der Waals surface area contributed by atoms with Crippen LogP contribution in [0, 0.1) is 5.92 Å².